The number of hydrogen-bond donors (Lipinski definition) is 1. The van der Waals surface area contributed by atoms with Gasteiger partial charge in [-0.15, -0.1) is 11.8 Å². The largest absolute Gasteiger partial charge is 0.324 e. The number of carbonyl (C=O) groups excluding carboxylic acids is 1. The van der Waals surface area contributed by atoms with Crippen molar-refractivity contribution in [3.8, 4) is 11.1 Å². The molecule has 3 rings (SSSR count). The number of amides is 1. The van der Waals surface area contributed by atoms with E-state index in [-0.39, 0.29) is 11.2 Å². The molecule has 2 aromatic rings. The number of hydrogen-bond acceptors (Lipinski definition) is 2. The number of thioether (sulfide) groups is 1. The number of benzene rings is 2. The van der Waals surface area contributed by atoms with Crippen molar-refractivity contribution in [2.45, 2.75) is 12.2 Å². The van der Waals surface area contributed by atoms with E-state index in [0.717, 1.165) is 22.4 Å². The van der Waals surface area contributed by atoms with Gasteiger partial charge in [-0.1, -0.05) is 36.4 Å². The highest BCUT2D eigenvalue weighted by molar-refractivity contribution is 7.99. The Labute approximate surface area is 117 Å². The van der Waals surface area contributed by atoms with Crippen LogP contribution in [0.2, 0.25) is 0 Å². The SMILES string of the molecule is CSC1C(=O)Nc2cc(C)cc(-c3ccccc3)c21. The molecule has 1 aliphatic heterocycles. The first-order valence-electron chi connectivity index (χ1n) is 6.24. The van der Waals surface area contributed by atoms with E-state index in [0.29, 0.717) is 0 Å². The Kier molecular flexibility index (Phi) is 3.07. The third-order valence-electron chi connectivity index (χ3n) is 3.40. The lowest BCUT2D eigenvalue weighted by atomic mass is 9.95. The number of carbonyl (C=O) groups is 1. The summed E-state index contributed by atoms with van der Waals surface area (Å²) in [5.41, 5.74) is 5.57. The number of anilines is 1. The average molecular weight is 269 g/mol. The molecule has 0 radical (unpaired) electrons. The summed E-state index contributed by atoms with van der Waals surface area (Å²) in [6.45, 7) is 2.06. The first-order chi connectivity index (χ1) is 9.20. The van der Waals surface area contributed by atoms with Crippen molar-refractivity contribution in [3.63, 3.8) is 0 Å². The Morgan fingerprint density at radius 3 is 2.58 bits per heavy atom. The van der Waals surface area contributed by atoms with Gasteiger partial charge in [0.05, 0.1) is 0 Å². The van der Waals surface area contributed by atoms with Crippen LogP contribution in [0.3, 0.4) is 0 Å². The van der Waals surface area contributed by atoms with Crippen molar-refractivity contribution >= 4 is 23.4 Å². The van der Waals surface area contributed by atoms with Gasteiger partial charge in [0, 0.05) is 11.3 Å². The van der Waals surface area contributed by atoms with Crippen molar-refractivity contribution in [3.05, 3.63) is 53.6 Å². The van der Waals surface area contributed by atoms with Crippen LogP contribution in [-0.4, -0.2) is 12.2 Å². The molecule has 0 saturated carbocycles. The third kappa shape index (κ3) is 2.04. The molecule has 1 aliphatic rings. The van der Waals surface area contributed by atoms with Crippen LogP contribution < -0.4 is 5.32 Å². The summed E-state index contributed by atoms with van der Waals surface area (Å²) < 4.78 is 0. The molecule has 3 heteroatoms. The third-order valence-corrected chi connectivity index (χ3v) is 4.32. The summed E-state index contributed by atoms with van der Waals surface area (Å²) in [7, 11) is 0. The van der Waals surface area contributed by atoms with E-state index in [2.05, 4.69) is 36.5 Å². The molecular weight excluding hydrogens is 254 g/mol. The Balaban J connectivity index is 2.24. The number of fused-ring (bicyclic) bond motifs is 1. The molecule has 1 amide bonds. The summed E-state index contributed by atoms with van der Waals surface area (Å²) in [6.07, 6.45) is 1.98. The van der Waals surface area contributed by atoms with Gasteiger partial charge in [0.25, 0.3) is 0 Å². The van der Waals surface area contributed by atoms with Gasteiger partial charge in [0.15, 0.2) is 0 Å². The zero-order valence-electron chi connectivity index (χ0n) is 10.9. The van der Waals surface area contributed by atoms with Crippen molar-refractivity contribution in [1.82, 2.24) is 0 Å². The molecule has 0 saturated heterocycles. The monoisotopic (exact) mass is 269 g/mol. The minimum Gasteiger partial charge on any atom is -0.324 e. The molecule has 1 heterocycles. The van der Waals surface area contributed by atoms with Crippen LogP contribution in [0.25, 0.3) is 11.1 Å². The van der Waals surface area contributed by atoms with Crippen molar-refractivity contribution < 1.29 is 4.79 Å². The fourth-order valence-corrected chi connectivity index (χ4v) is 3.36. The molecule has 1 atom stereocenters. The first-order valence-corrected chi connectivity index (χ1v) is 7.53. The van der Waals surface area contributed by atoms with Gasteiger partial charge in [-0.3, -0.25) is 4.79 Å². The van der Waals surface area contributed by atoms with E-state index in [1.165, 1.54) is 5.56 Å². The van der Waals surface area contributed by atoms with Gasteiger partial charge in [-0.2, -0.15) is 0 Å². The normalized spacial score (nSPS) is 17.2. The summed E-state index contributed by atoms with van der Waals surface area (Å²) in [6, 6.07) is 14.5. The zero-order chi connectivity index (χ0) is 13.4. The molecule has 0 aliphatic carbocycles. The maximum atomic E-state index is 12.0. The lowest BCUT2D eigenvalue weighted by Crippen LogP contribution is -2.08. The second-order valence-electron chi connectivity index (χ2n) is 4.74. The predicted molar refractivity (Wildman–Crippen MR) is 81.5 cm³/mol. The minimum atomic E-state index is -0.106. The molecule has 1 N–H and O–H groups in total. The zero-order valence-corrected chi connectivity index (χ0v) is 11.8. The number of rotatable bonds is 2. The van der Waals surface area contributed by atoms with Crippen LogP contribution >= 0.6 is 11.8 Å². The Morgan fingerprint density at radius 1 is 1.16 bits per heavy atom. The van der Waals surface area contributed by atoms with Gasteiger partial charge in [-0.05, 0) is 35.9 Å². The van der Waals surface area contributed by atoms with Crippen molar-refractivity contribution in [2.24, 2.45) is 0 Å². The van der Waals surface area contributed by atoms with Crippen molar-refractivity contribution in [2.75, 3.05) is 11.6 Å². The minimum absolute atomic E-state index is 0.0882. The summed E-state index contributed by atoms with van der Waals surface area (Å²) in [5, 5.41) is 2.88. The predicted octanol–water partition coefficient (Wildman–Crippen LogP) is 4.02. The highest BCUT2D eigenvalue weighted by atomic mass is 32.2. The molecule has 0 bridgehead atoms. The average Bonchev–Trinajstić information content (AvgIpc) is 2.73. The summed E-state index contributed by atoms with van der Waals surface area (Å²) in [5.74, 6) is 0.0882. The van der Waals surface area contributed by atoms with Crippen LogP contribution in [0, 0.1) is 6.92 Å². The van der Waals surface area contributed by atoms with E-state index < -0.39 is 0 Å². The van der Waals surface area contributed by atoms with E-state index in [4.69, 9.17) is 0 Å². The summed E-state index contributed by atoms with van der Waals surface area (Å²) in [4.78, 5) is 12.0. The molecule has 0 spiro atoms. The Bertz CT molecular complexity index is 637. The highest BCUT2D eigenvalue weighted by Crippen LogP contribution is 2.45. The topological polar surface area (TPSA) is 29.1 Å². The smallest absolute Gasteiger partial charge is 0.242 e. The maximum Gasteiger partial charge on any atom is 0.242 e. The second-order valence-corrected chi connectivity index (χ2v) is 5.69. The van der Waals surface area contributed by atoms with E-state index >= 15 is 0 Å². The molecular formula is C16H15NOS. The van der Waals surface area contributed by atoms with E-state index in [9.17, 15) is 4.79 Å². The van der Waals surface area contributed by atoms with Crippen LogP contribution in [0.5, 0.6) is 0 Å². The van der Waals surface area contributed by atoms with Crippen LogP contribution in [0.1, 0.15) is 16.4 Å². The first kappa shape index (κ1) is 12.3. The van der Waals surface area contributed by atoms with E-state index in [1.54, 1.807) is 11.8 Å². The quantitative estimate of drug-likeness (QED) is 0.892. The molecule has 2 aromatic carbocycles. The second kappa shape index (κ2) is 4.74. The van der Waals surface area contributed by atoms with Gasteiger partial charge in [0.1, 0.15) is 5.25 Å². The molecule has 1 unspecified atom stereocenters. The van der Waals surface area contributed by atoms with E-state index in [1.807, 2.05) is 24.5 Å². The molecule has 2 nitrogen and oxygen atoms in total. The number of aryl methyl sites for hydroxylation is 1. The standard InChI is InChI=1S/C16H15NOS/c1-10-8-12(11-6-4-3-5-7-11)14-13(9-10)17-16(18)15(14)19-2/h3-9,15H,1-2H3,(H,17,18). The molecule has 19 heavy (non-hydrogen) atoms. The van der Waals surface area contributed by atoms with Gasteiger partial charge >= 0.3 is 0 Å². The lowest BCUT2D eigenvalue weighted by molar-refractivity contribution is -0.115. The Morgan fingerprint density at radius 2 is 1.89 bits per heavy atom. The van der Waals surface area contributed by atoms with Gasteiger partial charge in [-0.25, -0.2) is 0 Å². The fraction of sp³-hybridized carbons (Fsp3) is 0.188. The Hall–Kier alpha value is -1.74. The molecule has 0 aromatic heterocycles. The molecule has 0 fully saturated rings. The van der Waals surface area contributed by atoms with Crippen LogP contribution in [0.4, 0.5) is 5.69 Å². The number of nitrogens with one attached hydrogen (secondary N) is 1. The maximum absolute atomic E-state index is 12.0. The van der Waals surface area contributed by atoms with Crippen LogP contribution in [0.15, 0.2) is 42.5 Å². The van der Waals surface area contributed by atoms with Crippen LogP contribution in [-0.2, 0) is 4.79 Å². The lowest BCUT2D eigenvalue weighted by Gasteiger charge is -2.13. The fourth-order valence-electron chi connectivity index (χ4n) is 2.59. The van der Waals surface area contributed by atoms with Crippen molar-refractivity contribution in [1.29, 1.82) is 0 Å². The van der Waals surface area contributed by atoms with Gasteiger partial charge < -0.3 is 5.32 Å². The van der Waals surface area contributed by atoms with Gasteiger partial charge in [0.2, 0.25) is 5.91 Å². The highest BCUT2D eigenvalue weighted by Gasteiger charge is 2.32. The summed E-state index contributed by atoms with van der Waals surface area (Å²) >= 11 is 1.59. The molecule has 96 valence electrons.